The monoisotopic (exact) mass is 740 g/mol. The lowest BCUT2D eigenvalue weighted by atomic mass is 9.88. The second kappa shape index (κ2) is 16.8. The number of amides is 5. The lowest BCUT2D eigenvalue weighted by Gasteiger charge is -2.41. The van der Waals surface area contributed by atoms with Gasteiger partial charge in [-0.05, 0) is 48.9 Å². The smallest absolute Gasteiger partial charge is 0.433 e. The molecular formula is C36H39F3N6O8. The molecule has 2 aromatic carbocycles. The van der Waals surface area contributed by atoms with Gasteiger partial charge in [-0.15, -0.1) is 0 Å². The molecule has 3 atom stereocenters. The summed E-state index contributed by atoms with van der Waals surface area (Å²) in [5, 5.41) is 20.4. The second-order valence-corrected chi connectivity index (χ2v) is 12.6. The Bertz CT molecular complexity index is 1770. The highest BCUT2D eigenvalue weighted by atomic mass is 19.4. The van der Waals surface area contributed by atoms with E-state index in [4.69, 9.17) is 9.47 Å². The van der Waals surface area contributed by atoms with Crippen molar-refractivity contribution in [3.8, 4) is 11.5 Å². The number of carbonyl (C=O) groups excluding carboxylic acids is 5. The van der Waals surface area contributed by atoms with E-state index in [2.05, 4.69) is 26.3 Å². The van der Waals surface area contributed by atoms with E-state index >= 15 is 0 Å². The maximum atomic E-state index is 14.4. The number of rotatable bonds is 4. The molecule has 53 heavy (non-hydrogen) atoms. The van der Waals surface area contributed by atoms with Crippen molar-refractivity contribution in [2.24, 2.45) is 0 Å². The number of fused-ring (bicyclic) bond motifs is 15. The van der Waals surface area contributed by atoms with Crippen LogP contribution in [0.15, 0.2) is 72.9 Å². The lowest BCUT2D eigenvalue weighted by Crippen LogP contribution is -2.62. The Morgan fingerprint density at radius 1 is 0.887 bits per heavy atom. The molecule has 3 aliphatic rings. The standard InChI is InChI=1S/C36H39F3N6O8/c1-22-30(47)40-15-18-52-25-8-10-26(11-9-25)53-35(13-16-45(17-14-35)33(50)24-7-12-29(41-20-24)36(37,38)39)34(51)44-27(19-23-5-3-2-4-6-23)31(48)43-28(21-46)32(49)42-22/h2-12,20,22,27-28,46H,13-19,21H2,1H3,(H,40,47)(H,42,49)(H,43,48)(H,44,51)/t22-,27+,28-/m0/s1. The summed E-state index contributed by atoms with van der Waals surface area (Å²) in [6.45, 7) is 0.718. The number of hydrogen-bond donors (Lipinski definition) is 5. The fraction of sp³-hybridized carbons (Fsp3) is 0.389. The SMILES string of the molecule is C[C@@H]1NC(=O)[C@H](CO)NC(=O)[C@@H](Cc2ccccc2)NC(=O)C2(CCN(C(=O)c3ccc(C(F)(F)F)nc3)CC2)Oc2ccc(cc2)OCCNC1=O. The van der Waals surface area contributed by atoms with Crippen molar-refractivity contribution in [1.82, 2.24) is 31.2 Å². The van der Waals surface area contributed by atoms with E-state index in [0.717, 1.165) is 18.3 Å². The molecule has 4 heterocycles. The third-order valence-electron chi connectivity index (χ3n) is 8.85. The molecule has 6 rings (SSSR count). The number of alkyl halides is 3. The zero-order valence-corrected chi connectivity index (χ0v) is 28.7. The first kappa shape index (κ1) is 38.5. The molecule has 1 fully saturated rings. The van der Waals surface area contributed by atoms with Crippen LogP contribution in [0.2, 0.25) is 0 Å². The van der Waals surface area contributed by atoms with Crippen LogP contribution in [-0.2, 0) is 31.8 Å². The fourth-order valence-corrected chi connectivity index (χ4v) is 5.84. The van der Waals surface area contributed by atoms with E-state index in [1.165, 1.54) is 11.8 Å². The molecule has 14 nitrogen and oxygen atoms in total. The molecule has 2 bridgehead atoms. The maximum absolute atomic E-state index is 14.4. The van der Waals surface area contributed by atoms with E-state index < -0.39 is 71.7 Å². The number of nitrogens with one attached hydrogen (secondary N) is 4. The van der Waals surface area contributed by atoms with Gasteiger partial charge in [0, 0.05) is 38.5 Å². The minimum atomic E-state index is -4.67. The first-order valence-electron chi connectivity index (χ1n) is 16.9. The summed E-state index contributed by atoms with van der Waals surface area (Å²) in [5.74, 6) is -2.77. The predicted molar refractivity (Wildman–Crippen MR) is 181 cm³/mol. The number of nitrogens with zero attached hydrogens (tertiary/aromatic N) is 2. The molecule has 1 aromatic heterocycles. The summed E-state index contributed by atoms with van der Waals surface area (Å²) in [6.07, 6.45) is -3.99. The van der Waals surface area contributed by atoms with E-state index in [9.17, 15) is 42.3 Å². The number of halogens is 3. The highest BCUT2D eigenvalue weighted by Crippen LogP contribution is 2.32. The van der Waals surface area contributed by atoms with E-state index in [1.807, 2.05) is 0 Å². The van der Waals surface area contributed by atoms with Gasteiger partial charge in [0.05, 0.1) is 18.7 Å². The largest absolute Gasteiger partial charge is 0.492 e. The summed E-state index contributed by atoms with van der Waals surface area (Å²) in [6, 6.07) is 13.1. The summed E-state index contributed by atoms with van der Waals surface area (Å²) in [5.41, 5.74) is -2.19. The highest BCUT2D eigenvalue weighted by Gasteiger charge is 2.46. The first-order valence-corrected chi connectivity index (χ1v) is 16.9. The van der Waals surface area contributed by atoms with Gasteiger partial charge in [-0.3, -0.25) is 29.0 Å². The topological polar surface area (TPSA) is 188 Å². The molecule has 1 saturated heterocycles. The molecular weight excluding hydrogens is 701 g/mol. The summed E-state index contributed by atoms with van der Waals surface area (Å²) in [4.78, 5) is 71.8. The van der Waals surface area contributed by atoms with Crippen molar-refractivity contribution in [1.29, 1.82) is 0 Å². The van der Waals surface area contributed by atoms with E-state index in [1.54, 1.807) is 54.6 Å². The van der Waals surface area contributed by atoms with Gasteiger partial charge in [0.1, 0.15) is 41.9 Å². The Balaban J connectivity index is 1.44. The highest BCUT2D eigenvalue weighted by molar-refractivity contribution is 5.96. The fourth-order valence-electron chi connectivity index (χ4n) is 5.84. The number of pyridine rings is 1. The third kappa shape index (κ3) is 9.79. The van der Waals surface area contributed by atoms with Gasteiger partial charge in [-0.25, -0.2) is 0 Å². The molecule has 17 heteroatoms. The molecule has 5 N–H and O–H groups in total. The zero-order valence-electron chi connectivity index (χ0n) is 28.7. The average molecular weight is 741 g/mol. The molecule has 0 radical (unpaired) electrons. The Labute approximate surface area is 302 Å². The van der Waals surface area contributed by atoms with Gasteiger partial charge < -0.3 is 40.7 Å². The van der Waals surface area contributed by atoms with Gasteiger partial charge in [0.2, 0.25) is 17.7 Å². The Morgan fingerprint density at radius 3 is 2.17 bits per heavy atom. The second-order valence-electron chi connectivity index (χ2n) is 12.6. The Kier molecular flexibility index (Phi) is 12.2. The molecule has 0 saturated carbocycles. The van der Waals surface area contributed by atoms with Crippen molar-refractivity contribution in [3.05, 3.63) is 89.7 Å². The van der Waals surface area contributed by atoms with Crippen molar-refractivity contribution in [2.75, 3.05) is 32.8 Å². The van der Waals surface area contributed by atoms with Crippen LogP contribution in [0.5, 0.6) is 11.5 Å². The van der Waals surface area contributed by atoms with Crippen molar-refractivity contribution >= 4 is 29.5 Å². The quantitative estimate of drug-likeness (QED) is 0.246. The van der Waals surface area contributed by atoms with Crippen molar-refractivity contribution in [3.63, 3.8) is 0 Å². The molecule has 0 unspecified atom stereocenters. The number of aliphatic hydroxyl groups is 1. The van der Waals surface area contributed by atoms with Crippen LogP contribution in [0.3, 0.4) is 0 Å². The number of aromatic nitrogens is 1. The van der Waals surface area contributed by atoms with Crippen LogP contribution in [-0.4, -0.2) is 101 Å². The van der Waals surface area contributed by atoms with Crippen LogP contribution in [0.25, 0.3) is 0 Å². The summed E-state index contributed by atoms with van der Waals surface area (Å²) >= 11 is 0. The zero-order chi connectivity index (χ0) is 38.2. The number of likely N-dealkylation sites (tertiary alicyclic amines) is 1. The minimum Gasteiger partial charge on any atom is -0.492 e. The predicted octanol–water partition coefficient (Wildman–Crippen LogP) is 1.37. The Hall–Kier alpha value is -5.71. The summed E-state index contributed by atoms with van der Waals surface area (Å²) < 4.78 is 51.2. The van der Waals surface area contributed by atoms with Gasteiger partial charge in [0.15, 0.2) is 5.60 Å². The normalized spacial score (nSPS) is 21.7. The molecule has 5 amide bonds. The van der Waals surface area contributed by atoms with Crippen LogP contribution in [0.4, 0.5) is 13.2 Å². The van der Waals surface area contributed by atoms with Crippen LogP contribution < -0.4 is 30.7 Å². The molecule has 1 spiro atoms. The molecule has 282 valence electrons. The number of benzene rings is 2. The average Bonchev–Trinajstić information content (AvgIpc) is 3.15. The number of piperidine rings is 1. The van der Waals surface area contributed by atoms with E-state index in [-0.39, 0.29) is 56.8 Å². The van der Waals surface area contributed by atoms with Gasteiger partial charge >= 0.3 is 6.18 Å². The van der Waals surface area contributed by atoms with Crippen molar-refractivity contribution < 1.29 is 51.7 Å². The third-order valence-corrected chi connectivity index (χ3v) is 8.85. The van der Waals surface area contributed by atoms with Crippen LogP contribution in [0, 0.1) is 0 Å². The lowest BCUT2D eigenvalue weighted by molar-refractivity contribution is -0.144. The Morgan fingerprint density at radius 2 is 1.55 bits per heavy atom. The van der Waals surface area contributed by atoms with Gasteiger partial charge in [-0.1, -0.05) is 30.3 Å². The number of aliphatic hydroxyl groups excluding tert-OH is 1. The molecule has 3 aromatic rings. The first-order chi connectivity index (χ1) is 25.3. The van der Waals surface area contributed by atoms with Gasteiger partial charge in [-0.2, -0.15) is 13.2 Å². The number of ether oxygens (including phenoxy) is 2. The number of carbonyl (C=O) groups is 5. The van der Waals surface area contributed by atoms with Crippen LogP contribution in [0.1, 0.15) is 41.4 Å². The molecule has 3 aliphatic heterocycles. The maximum Gasteiger partial charge on any atom is 0.433 e. The summed E-state index contributed by atoms with van der Waals surface area (Å²) in [7, 11) is 0. The van der Waals surface area contributed by atoms with Crippen LogP contribution >= 0.6 is 0 Å². The number of hydrogen-bond acceptors (Lipinski definition) is 9. The molecule has 0 aliphatic carbocycles. The van der Waals surface area contributed by atoms with Crippen molar-refractivity contribution in [2.45, 2.75) is 56.1 Å². The van der Waals surface area contributed by atoms with Gasteiger partial charge in [0.25, 0.3) is 11.8 Å². The van der Waals surface area contributed by atoms with E-state index in [0.29, 0.717) is 11.3 Å². The minimum absolute atomic E-state index is 0.0232.